The Hall–Kier alpha value is -3.09. The lowest BCUT2D eigenvalue weighted by atomic mass is 10.1. The van der Waals surface area contributed by atoms with E-state index in [0.29, 0.717) is 11.3 Å². The molecule has 1 saturated heterocycles. The van der Waals surface area contributed by atoms with Crippen LogP contribution < -0.4 is 20.7 Å². The highest BCUT2D eigenvalue weighted by molar-refractivity contribution is 5.99. The van der Waals surface area contributed by atoms with E-state index in [-0.39, 0.29) is 12.4 Å². The Labute approximate surface area is 150 Å². The monoisotopic (exact) mass is 357 g/mol. The average molecular weight is 357 g/mol. The molecule has 1 heterocycles. The highest BCUT2D eigenvalue weighted by atomic mass is 19.1. The lowest BCUT2D eigenvalue weighted by molar-refractivity contribution is -0.118. The van der Waals surface area contributed by atoms with E-state index >= 15 is 0 Å². The molecule has 2 aromatic carbocycles. The van der Waals surface area contributed by atoms with Crippen molar-refractivity contribution in [3.63, 3.8) is 0 Å². The first kappa shape index (κ1) is 17.7. The smallest absolute Gasteiger partial charge is 0.262 e. The zero-order chi connectivity index (χ0) is 18.5. The normalized spacial score (nSPS) is 13.5. The molecular weight excluding hydrogens is 337 g/mol. The van der Waals surface area contributed by atoms with Gasteiger partial charge in [0.05, 0.1) is 11.4 Å². The molecule has 0 aromatic heterocycles. The Morgan fingerprint density at radius 3 is 2.58 bits per heavy atom. The SMILES string of the molecule is NC(=O)c1ccc(N2CCCC2)c(NC(=O)COc2ccccc2F)c1. The largest absolute Gasteiger partial charge is 0.481 e. The molecule has 136 valence electrons. The number of para-hydroxylation sites is 1. The third-order valence-corrected chi connectivity index (χ3v) is 4.20. The molecule has 1 aliphatic heterocycles. The third kappa shape index (κ3) is 4.11. The first-order valence-corrected chi connectivity index (χ1v) is 8.40. The molecule has 0 unspecified atom stereocenters. The van der Waals surface area contributed by atoms with Crippen molar-refractivity contribution in [3.05, 3.63) is 53.8 Å². The van der Waals surface area contributed by atoms with Gasteiger partial charge in [-0.2, -0.15) is 0 Å². The second kappa shape index (κ2) is 7.86. The predicted molar refractivity (Wildman–Crippen MR) is 96.9 cm³/mol. The Morgan fingerprint density at radius 1 is 1.15 bits per heavy atom. The molecule has 3 rings (SSSR count). The number of primary amides is 1. The van der Waals surface area contributed by atoms with E-state index in [4.69, 9.17) is 10.5 Å². The van der Waals surface area contributed by atoms with Gasteiger partial charge in [-0.25, -0.2) is 4.39 Å². The number of nitrogens with zero attached hydrogens (tertiary/aromatic N) is 1. The van der Waals surface area contributed by atoms with E-state index in [9.17, 15) is 14.0 Å². The fourth-order valence-electron chi connectivity index (χ4n) is 2.91. The second-order valence-corrected chi connectivity index (χ2v) is 6.06. The van der Waals surface area contributed by atoms with Gasteiger partial charge in [-0.05, 0) is 43.2 Å². The maximum Gasteiger partial charge on any atom is 0.262 e. The molecule has 6 nitrogen and oxygen atoms in total. The molecule has 0 atom stereocenters. The summed E-state index contributed by atoms with van der Waals surface area (Å²) in [4.78, 5) is 25.8. The highest BCUT2D eigenvalue weighted by Gasteiger charge is 2.18. The van der Waals surface area contributed by atoms with Crippen molar-refractivity contribution in [3.8, 4) is 5.75 Å². The summed E-state index contributed by atoms with van der Waals surface area (Å²) in [6.45, 7) is 1.41. The summed E-state index contributed by atoms with van der Waals surface area (Å²) in [5.74, 6) is -1.55. The minimum Gasteiger partial charge on any atom is -0.481 e. The topological polar surface area (TPSA) is 84.7 Å². The van der Waals surface area contributed by atoms with E-state index < -0.39 is 17.6 Å². The number of hydrogen-bond acceptors (Lipinski definition) is 4. The number of halogens is 1. The molecule has 0 radical (unpaired) electrons. The molecule has 0 saturated carbocycles. The molecule has 3 N–H and O–H groups in total. The van der Waals surface area contributed by atoms with Crippen LogP contribution in [0.25, 0.3) is 0 Å². The molecule has 7 heteroatoms. The van der Waals surface area contributed by atoms with Crippen LogP contribution >= 0.6 is 0 Å². The van der Waals surface area contributed by atoms with Gasteiger partial charge in [-0.3, -0.25) is 9.59 Å². The van der Waals surface area contributed by atoms with E-state index in [1.807, 2.05) is 0 Å². The van der Waals surface area contributed by atoms with Crippen LogP contribution in [0.5, 0.6) is 5.75 Å². The molecule has 1 fully saturated rings. The van der Waals surface area contributed by atoms with E-state index in [1.165, 1.54) is 12.1 Å². The lowest BCUT2D eigenvalue weighted by Crippen LogP contribution is -2.25. The number of ether oxygens (including phenoxy) is 1. The molecule has 2 amide bonds. The number of anilines is 2. The van der Waals surface area contributed by atoms with Gasteiger partial charge < -0.3 is 20.7 Å². The summed E-state index contributed by atoms with van der Waals surface area (Å²) in [6.07, 6.45) is 2.14. The van der Waals surface area contributed by atoms with Crippen LogP contribution in [0, 0.1) is 5.82 Å². The molecule has 1 aliphatic rings. The number of nitrogens with two attached hydrogens (primary N) is 1. The summed E-state index contributed by atoms with van der Waals surface area (Å²) < 4.78 is 18.8. The predicted octanol–water partition coefficient (Wildman–Crippen LogP) is 2.54. The molecule has 0 bridgehead atoms. The molecule has 26 heavy (non-hydrogen) atoms. The minimum absolute atomic E-state index is 0.00769. The van der Waals surface area contributed by atoms with Gasteiger partial charge >= 0.3 is 0 Å². The van der Waals surface area contributed by atoms with Crippen molar-refractivity contribution in [2.45, 2.75) is 12.8 Å². The molecule has 0 spiro atoms. The van der Waals surface area contributed by atoms with Crippen molar-refractivity contribution >= 4 is 23.2 Å². The zero-order valence-corrected chi connectivity index (χ0v) is 14.2. The van der Waals surface area contributed by atoms with Crippen molar-refractivity contribution < 1.29 is 18.7 Å². The van der Waals surface area contributed by atoms with E-state index in [0.717, 1.165) is 31.6 Å². The van der Waals surface area contributed by atoms with E-state index in [1.54, 1.807) is 30.3 Å². The van der Waals surface area contributed by atoms with Gasteiger partial charge in [-0.15, -0.1) is 0 Å². The van der Waals surface area contributed by atoms with Crippen LogP contribution in [0.15, 0.2) is 42.5 Å². The standard InChI is InChI=1S/C19H20FN3O3/c20-14-5-1-2-6-17(14)26-12-18(24)22-15-11-13(19(21)25)7-8-16(15)23-9-3-4-10-23/h1-2,5-8,11H,3-4,9-10,12H2,(H2,21,25)(H,22,24). The Kier molecular flexibility index (Phi) is 5.36. The van der Waals surface area contributed by atoms with Crippen molar-refractivity contribution in [2.24, 2.45) is 5.73 Å². The van der Waals surface area contributed by atoms with Crippen LogP contribution in [0.3, 0.4) is 0 Å². The quantitative estimate of drug-likeness (QED) is 0.832. The first-order chi connectivity index (χ1) is 12.5. The summed E-state index contributed by atoms with van der Waals surface area (Å²) in [7, 11) is 0. The average Bonchev–Trinajstić information content (AvgIpc) is 3.15. The van der Waals surface area contributed by atoms with Crippen molar-refractivity contribution in [2.75, 3.05) is 29.9 Å². The number of amides is 2. The Bertz CT molecular complexity index is 819. The Morgan fingerprint density at radius 2 is 1.88 bits per heavy atom. The number of benzene rings is 2. The molecular formula is C19H20FN3O3. The fourth-order valence-corrected chi connectivity index (χ4v) is 2.91. The summed E-state index contributed by atoms with van der Waals surface area (Å²) >= 11 is 0. The summed E-state index contributed by atoms with van der Waals surface area (Å²) in [5.41, 5.74) is 6.96. The number of carbonyl (C=O) groups excluding carboxylic acids is 2. The molecule has 0 aliphatic carbocycles. The van der Waals surface area contributed by atoms with Gasteiger partial charge in [0.2, 0.25) is 5.91 Å². The number of nitrogens with one attached hydrogen (secondary N) is 1. The van der Waals surface area contributed by atoms with Crippen LogP contribution in [0.1, 0.15) is 23.2 Å². The van der Waals surface area contributed by atoms with Crippen LogP contribution in [-0.2, 0) is 4.79 Å². The second-order valence-electron chi connectivity index (χ2n) is 6.06. The maximum atomic E-state index is 13.6. The number of rotatable bonds is 6. The van der Waals surface area contributed by atoms with Crippen molar-refractivity contribution in [1.82, 2.24) is 0 Å². The first-order valence-electron chi connectivity index (χ1n) is 8.40. The maximum absolute atomic E-state index is 13.6. The number of hydrogen-bond donors (Lipinski definition) is 2. The molecule has 2 aromatic rings. The van der Waals surface area contributed by atoms with Crippen LogP contribution in [-0.4, -0.2) is 31.5 Å². The fraction of sp³-hybridized carbons (Fsp3) is 0.263. The third-order valence-electron chi connectivity index (χ3n) is 4.20. The minimum atomic E-state index is -0.573. The van der Waals surface area contributed by atoms with Gasteiger partial charge in [-0.1, -0.05) is 12.1 Å². The zero-order valence-electron chi connectivity index (χ0n) is 14.2. The van der Waals surface area contributed by atoms with Crippen molar-refractivity contribution in [1.29, 1.82) is 0 Å². The number of carbonyl (C=O) groups is 2. The van der Waals surface area contributed by atoms with Gasteiger partial charge in [0, 0.05) is 18.7 Å². The van der Waals surface area contributed by atoms with Gasteiger partial charge in [0.25, 0.3) is 5.91 Å². The summed E-state index contributed by atoms with van der Waals surface area (Å²) in [5, 5.41) is 2.74. The highest BCUT2D eigenvalue weighted by Crippen LogP contribution is 2.30. The van der Waals surface area contributed by atoms with Crippen LogP contribution in [0.4, 0.5) is 15.8 Å². The van der Waals surface area contributed by atoms with Gasteiger partial charge in [0.15, 0.2) is 18.2 Å². The van der Waals surface area contributed by atoms with Crippen LogP contribution in [0.2, 0.25) is 0 Å². The lowest BCUT2D eigenvalue weighted by Gasteiger charge is -2.22. The Balaban J connectivity index is 1.74. The summed E-state index contributed by atoms with van der Waals surface area (Å²) in [6, 6.07) is 10.8. The van der Waals surface area contributed by atoms with E-state index in [2.05, 4.69) is 10.2 Å². The van der Waals surface area contributed by atoms with Gasteiger partial charge in [0.1, 0.15) is 0 Å².